The normalized spacial score (nSPS) is 10.8. The molecule has 0 fully saturated rings. The van der Waals surface area contributed by atoms with Gasteiger partial charge in [-0.1, -0.05) is 13.8 Å². The number of anilines is 2. The highest BCUT2D eigenvalue weighted by Gasteiger charge is 2.12. The number of hydrazine groups is 1. The largest absolute Gasteiger partial charge is 0.364 e. The highest BCUT2D eigenvalue weighted by Crippen LogP contribution is 2.22. The number of hydrogen-bond donors (Lipinski definition) is 3. The second-order valence-corrected chi connectivity index (χ2v) is 5.15. The van der Waals surface area contributed by atoms with E-state index < -0.39 is 0 Å². The SMILES string of the molecule is Cc1nccc(CNc2nc(C(C)C)nc(NN)c2C)n1. The van der Waals surface area contributed by atoms with E-state index in [1.54, 1.807) is 6.20 Å². The first-order valence-corrected chi connectivity index (χ1v) is 6.88. The second-order valence-electron chi connectivity index (χ2n) is 5.15. The van der Waals surface area contributed by atoms with Gasteiger partial charge >= 0.3 is 0 Å². The first-order valence-electron chi connectivity index (χ1n) is 6.88. The van der Waals surface area contributed by atoms with Crippen LogP contribution in [0.2, 0.25) is 0 Å². The van der Waals surface area contributed by atoms with Gasteiger partial charge in [-0.3, -0.25) is 0 Å². The molecule has 0 bridgehead atoms. The van der Waals surface area contributed by atoms with E-state index in [1.807, 2.05) is 33.8 Å². The van der Waals surface area contributed by atoms with Gasteiger partial charge in [0.2, 0.25) is 0 Å². The van der Waals surface area contributed by atoms with Crippen molar-refractivity contribution in [3.63, 3.8) is 0 Å². The van der Waals surface area contributed by atoms with Crippen molar-refractivity contribution < 1.29 is 0 Å². The van der Waals surface area contributed by atoms with Crippen molar-refractivity contribution >= 4 is 11.6 Å². The van der Waals surface area contributed by atoms with Crippen LogP contribution in [0.25, 0.3) is 0 Å². The Morgan fingerprint density at radius 2 is 1.86 bits per heavy atom. The predicted molar refractivity (Wildman–Crippen MR) is 82.8 cm³/mol. The van der Waals surface area contributed by atoms with Gasteiger partial charge in [-0.05, 0) is 19.9 Å². The Balaban J connectivity index is 2.24. The summed E-state index contributed by atoms with van der Waals surface area (Å²) in [5, 5.41) is 3.29. The second kappa shape index (κ2) is 6.45. The fourth-order valence-corrected chi connectivity index (χ4v) is 1.88. The van der Waals surface area contributed by atoms with Gasteiger partial charge in [0.1, 0.15) is 23.3 Å². The van der Waals surface area contributed by atoms with E-state index in [2.05, 4.69) is 30.7 Å². The molecule has 112 valence electrons. The number of hydrogen-bond acceptors (Lipinski definition) is 7. The average molecular weight is 287 g/mol. The molecule has 0 spiro atoms. The number of nitrogens with two attached hydrogens (primary N) is 1. The summed E-state index contributed by atoms with van der Waals surface area (Å²) in [7, 11) is 0. The van der Waals surface area contributed by atoms with E-state index in [0.717, 1.165) is 28.7 Å². The van der Waals surface area contributed by atoms with Crippen LogP contribution in [0.3, 0.4) is 0 Å². The smallest absolute Gasteiger partial charge is 0.148 e. The quantitative estimate of drug-likeness (QED) is 0.570. The zero-order valence-electron chi connectivity index (χ0n) is 12.8. The molecule has 0 aliphatic rings. The molecule has 7 nitrogen and oxygen atoms in total. The van der Waals surface area contributed by atoms with Crippen molar-refractivity contribution in [3.05, 3.63) is 35.2 Å². The van der Waals surface area contributed by atoms with E-state index in [0.29, 0.717) is 12.4 Å². The van der Waals surface area contributed by atoms with Gasteiger partial charge in [0.05, 0.1) is 12.2 Å². The third-order valence-electron chi connectivity index (χ3n) is 3.09. The molecule has 21 heavy (non-hydrogen) atoms. The maximum atomic E-state index is 5.53. The summed E-state index contributed by atoms with van der Waals surface area (Å²) in [6.07, 6.45) is 1.75. The zero-order valence-corrected chi connectivity index (χ0v) is 12.8. The lowest BCUT2D eigenvalue weighted by molar-refractivity contribution is 0.771. The van der Waals surface area contributed by atoms with E-state index in [1.165, 1.54) is 0 Å². The lowest BCUT2D eigenvalue weighted by atomic mass is 10.2. The Morgan fingerprint density at radius 1 is 1.14 bits per heavy atom. The molecular weight excluding hydrogens is 266 g/mol. The van der Waals surface area contributed by atoms with Crippen molar-refractivity contribution in [2.45, 2.75) is 40.2 Å². The Kier molecular flexibility index (Phi) is 4.64. The molecular formula is C14H21N7. The number of aryl methyl sites for hydroxylation is 1. The molecule has 0 aliphatic heterocycles. The Bertz CT molecular complexity index is 625. The molecule has 2 rings (SSSR count). The summed E-state index contributed by atoms with van der Waals surface area (Å²) in [5.74, 6) is 8.64. The van der Waals surface area contributed by atoms with Crippen molar-refractivity contribution in [3.8, 4) is 0 Å². The van der Waals surface area contributed by atoms with E-state index in [9.17, 15) is 0 Å². The van der Waals surface area contributed by atoms with Crippen molar-refractivity contribution in [2.75, 3.05) is 10.7 Å². The van der Waals surface area contributed by atoms with Crippen LogP contribution in [-0.2, 0) is 6.54 Å². The summed E-state index contributed by atoms with van der Waals surface area (Å²) in [4.78, 5) is 17.4. The number of rotatable bonds is 5. The Morgan fingerprint density at radius 3 is 2.48 bits per heavy atom. The molecule has 0 saturated heterocycles. The monoisotopic (exact) mass is 287 g/mol. The third-order valence-corrected chi connectivity index (χ3v) is 3.09. The van der Waals surface area contributed by atoms with Crippen molar-refractivity contribution in [1.82, 2.24) is 19.9 Å². The third kappa shape index (κ3) is 3.63. The topological polar surface area (TPSA) is 102 Å². The van der Waals surface area contributed by atoms with Crippen LogP contribution in [0.15, 0.2) is 12.3 Å². The predicted octanol–water partition coefficient (Wildman–Crippen LogP) is 1.90. The van der Waals surface area contributed by atoms with Crippen LogP contribution in [0, 0.1) is 13.8 Å². The molecule has 0 aliphatic carbocycles. The maximum Gasteiger partial charge on any atom is 0.148 e. The summed E-state index contributed by atoms with van der Waals surface area (Å²) in [6.45, 7) is 8.45. The van der Waals surface area contributed by atoms with Crippen LogP contribution < -0.4 is 16.6 Å². The Labute approximate surface area is 124 Å². The highest BCUT2D eigenvalue weighted by molar-refractivity contribution is 5.56. The maximum absolute atomic E-state index is 5.53. The molecule has 2 heterocycles. The standard InChI is InChI=1S/C14H21N7/c1-8(2)12-19-13(9(3)14(20-12)21-15)17-7-11-5-6-16-10(4)18-11/h5-6,8H,7,15H2,1-4H3,(H2,17,19,20,21). The van der Waals surface area contributed by atoms with Crippen LogP contribution in [-0.4, -0.2) is 19.9 Å². The first kappa shape index (κ1) is 15.1. The number of aromatic nitrogens is 4. The number of nitrogens with one attached hydrogen (secondary N) is 2. The minimum Gasteiger partial charge on any atom is -0.364 e. The van der Waals surface area contributed by atoms with E-state index >= 15 is 0 Å². The molecule has 0 aromatic carbocycles. The van der Waals surface area contributed by atoms with Crippen LogP contribution in [0.5, 0.6) is 0 Å². The summed E-state index contributed by atoms with van der Waals surface area (Å²) < 4.78 is 0. The van der Waals surface area contributed by atoms with Crippen molar-refractivity contribution in [1.29, 1.82) is 0 Å². The molecule has 2 aromatic heterocycles. The van der Waals surface area contributed by atoms with Gasteiger partial charge in [0.25, 0.3) is 0 Å². The molecule has 2 aromatic rings. The average Bonchev–Trinajstić information content (AvgIpc) is 2.46. The van der Waals surface area contributed by atoms with Crippen LogP contribution >= 0.6 is 0 Å². The molecule has 0 amide bonds. The van der Waals surface area contributed by atoms with Gasteiger partial charge in [0, 0.05) is 17.7 Å². The lowest BCUT2D eigenvalue weighted by Gasteiger charge is -2.14. The molecule has 0 atom stereocenters. The highest BCUT2D eigenvalue weighted by atomic mass is 15.3. The molecule has 0 unspecified atom stereocenters. The fourth-order valence-electron chi connectivity index (χ4n) is 1.88. The summed E-state index contributed by atoms with van der Waals surface area (Å²) >= 11 is 0. The van der Waals surface area contributed by atoms with Gasteiger partial charge in [-0.2, -0.15) is 0 Å². The Hall–Kier alpha value is -2.28. The van der Waals surface area contributed by atoms with Gasteiger partial charge < -0.3 is 10.7 Å². The zero-order chi connectivity index (χ0) is 15.4. The fraction of sp³-hybridized carbons (Fsp3) is 0.429. The minimum absolute atomic E-state index is 0.222. The van der Waals surface area contributed by atoms with E-state index in [-0.39, 0.29) is 5.92 Å². The lowest BCUT2D eigenvalue weighted by Crippen LogP contribution is -2.15. The van der Waals surface area contributed by atoms with E-state index in [4.69, 9.17) is 5.84 Å². The van der Waals surface area contributed by atoms with Crippen LogP contribution in [0.1, 0.15) is 42.7 Å². The van der Waals surface area contributed by atoms with Gasteiger partial charge in [-0.25, -0.2) is 25.8 Å². The first-order chi connectivity index (χ1) is 10.0. The van der Waals surface area contributed by atoms with Gasteiger partial charge in [0.15, 0.2) is 0 Å². The minimum atomic E-state index is 0.222. The molecule has 0 saturated carbocycles. The van der Waals surface area contributed by atoms with Crippen molar-refractivity contribution in [2.24, 2.45) is 5.84 Å². The van der Waals surface area contributed by atoms with Crippen LogP contribution in [0.4, 0.5) is 11.6 Å². The molecule has 4 N–H and O–H groups in total. The molecule has 7 heteroatoms. The summed E-state index contributed by atoms with van der Waals surface area (Å²) in [5.41, 5.74) is 4.41. The number of nitrogen functional groups attached to an aromatic ring is 1. The number of nitrogens with zero attached hydrogens (tertiary/aromatic N) is 4. The summed E-state index contributed by atoms with van der Waals surface area (Å²) in [6, 6.07) is 1.88. The van der Waals surface area contributed by atoms with Gasteiger partial charge in [-0.15, -0.1) is 0 Å². The molecule has 0 radical (unpaired) electrons.